The summed E-state index contributed by atoms with van der Waals surface area (Å²) in [6, 6.07) is 0. The summed E-state index contributed by atoms with van der Waals surface area (Å²) in [4.78, 5) is 0. The molecule has 0 amide bonds. The van der Waals surface area contributed by atoms with Crippen LogP contribution in [0.2, 0.25) is 0 Å². The van der Waals surface area contributed by atoms with E-state index < -0.39 is 5.79 Å². The fourth-order valence-corrected chi connectivity index (χ4v) is 3.21. The third-order valence-electron chi connectivity index (χ3n) is 3.59. The van der Waals surface area contributed by atoms with Gasteiger partial charge in [0.1, 0.15) is 0 Å². The van der Waals surface area contributed by atoms with Crippen LogP contribution >= 0.6 is 0 Å². The predicted molar refractivity (Wildman–Crippen MR) is 82.1 cm³/mol. The molecule has 2 rings (SSSR count). The molecular formula is C18H25Cl2O2Ti. The first-order chi connectivity index (χ1) is 9.74. The van der Waals surface area contributed by atoms with Gasteiger partial charge >= 0.3 is 140 Å². The minimum absolute atomic E-state index is 0. The van der Waals surface area contributed by atoms with Gasteiger partial charge in [-0.05, 0) is 0 Å². The molecule has 2 aliphatic carbocycles. The summed E-state index contributed by atoms with van der Waals surface area (Å²) >= 11 is 2.12. The average Bonchev–Trinajstić information content (AvgIpc) is 2.73. The molecule has 23 heavy (non-hydrogen) atoms. The number of halogens is 2. The smallest absolute Gasteiger partial charge is 1.00 e. The summed E-state index contributed by atoms with van der Waals surface area (Å²) in [6.45, 7) is 10.8. The molecule has 0 saturated carbocycles. The Balaban J connectivity index is 0.00000242. The van der Waals surface area contributed by atoms with Gasteiger partial charge in [-0.25, -0.2) is 0 Å². The van der Waals surface area contributed by atoms with Crippen LogP contribution in [0.5, 0.6) is 0 Å². The molecular weight excluding hydrogens is 367 g/mol. The Kier molecular flexibility index (Phi) is 8.92. The number of hydrogen-bond donors (Lipinski definition) is 0. The predicted octanol–water partition coefficient (Wildman–Crippen LogP) is -1.22. The van der Waals surface area contributed by atoms with Crippen LogP contribution in [0.1, 0.15) is 47.5 Å². The van der Waals surface area contributed by atoms with E-state index in [-0.39, 0.29) is 36.3 Å². The van der Waals surface area contributed by atoms with Crippen molar-refractivity contribution >= 4 is 0 Å². The maximum Gasteiger partial charge on any atom is -1.00 e. The molecule has 0 spiro atoms. The second-order valence-corrected chi connectivity index (χ2v) is 7.88. The second-order valence-electron chi connectivity index (χ2n) is 6.93. The summed E-state index contributed by atoms with van der Waals surface area (Å²) in [5.74, 6) is 0.271. The monoisotopic (exact) mass is 391 g/mol. The van der Waals surface area contributed by atoms with Crippen LogP contribution in [0, 0.1) is 5.41 Å². The average molecular weight is 392 g/mol. The van der Waals surface area contributed by atoms with Gasteiger partial charge in [0.15, 0.2) is 0 Å². The third kappa shape index (κ3) is 5.51. The van der Waals surface area contributed by atoms with Crippen molar-refractivity contribution in [3.63, 3.8) is 0 Å². The Morgan fingerprint density at radius 3 is 2.30 bits per heavy atom. The molecule has 0 aromatic rings. The molecule has 1 unspecified atom stereocenters. The van der Waals surface area contributed by atoms with Gasteiger partial charge in [-0.3, -0.25) is 0 Å². The number of rotatable bonds is 4. The van der Waals surface area contributed by atoms with E-state index in [1.165, 1.54) is 9.45 Å². The Labute approximate surface area is 164 Å². The summed E-state index contributed by atoms with van der Waals surface area (Å²) in [6.07, 6.45) is 12.4. The minimum Gasteiger partial charge on any atom is -1.00 e. The van der Waals surface area contributed by atoms with E-state index in [9.17, 15) is 0 Å². The molecule has 0 aromatic heterocycles. The summed E-state index contributed by atoms with van der Waals surface area (Å²) in [5.41, 5.74) is 1.20. The van der Waals surface area contributed by atoms with Crippen molar-refractivity contribution in [3.05, 3.63) is 45.6 Å². The maximum atomic E-state index is 6.45. The normalized spacial score (nSPS) is 23.6. The van der Waals surface area contributed by atoms with Gasteiger partial charge in [0.05, 0.1) is 0 Å². The van der Waals surface area contributed by atoms with Crippen LogP contribution < -0.4 is 24.8 Å². The van der Waals surface area contributed by atoms with Gasteiger partial charge in [-0.2, -0.15) is 0 Å². The van der Waals surface area contributed by atoms with Crippen molar-refractivity contribution in [2.24, 2.45) is 5.41 Å². The van der Waals surface area contributed by atoms with Gasteiger partial charge < -0.3 is 24.8 Å². The zero-order valence-electron chi connectivity index (χ0n) is 14.5. The Hall–Kier alpha value is 0.0143. The molecule has 2 aliphatic rings. The zero-order chi connectivity index (χ0) is 15.7. The van der Waals surface area contributed by atoms with E-state index in [1.54, 1.807) is 0 Å². The topological polar surface area (TPSA) is 18.5 Å². The molecule has 0 saturated heterocycles. The zero-order valence-corrected chi connectivity index (χ0v) is 17.5. The van der Waals surface area contributed by atoms with Crippen LogP contribution in [0.15, 0.2) is 45.6 Å². The minimum atomic E-state index is -0.688. The number of allylic oxidation sites excluding steroid dienone is 5. The standard InChI is InChI=1S/C18H25O2.2ClH.Ti/c1-14(2)19-18(20-15-10-6-7-11-15)13-9-8-12-16(18)17(3,4)5;;;/h6,8-10,12,14H,7,13H2,1-5H3;2*1H;/q;;;+2/p-2. The van der Waals surface area contributed by atoms with E-state index >= 15 is 0 Å². The van der Waals surface area contributed by atoms with Crippen LogP contribution in [-0.2, 0) is 29.9 Å². The first-order valence-electron chi connectivity index (χ1n) is 7.60. The van der Waals surface area contributed by atoms with Crippen LogP contribution in [0.3, 0.4) is 0 Å². The van der Waals surface area contributed by atoms with Crippen molar-refractivity contribution in [2.75, 3.05) is 0 Å². The molecule has 0 fully saturated rings. The number of hydrogen-bond acceptors (Lipinski definition) is 2. The van der Waals surface area contributed by atoms with E-state index in [2.05, 4.69) is 85.4 Å². The van der Waals surface area contributed by atoms with Crippen LogP contribution in [-0.4, -0.2) is 11.9 Å². The summed E-state index contributed by atoms with van der Waals surface area (Å²) in [5, 5.41) is 0. The van der Waals surface area contributed by atoms with E-state index in [0.29, 0.717) is 0 Å². The SMILES string of the molecule is CC(C)OC1(OC2=[C]([Ti+2])CC=C2)CC=CC=C1C(C)(C)C.[Cl-].[Cl-]. The quantitative estimate of drug-likeness (QED) is 0.442. The molecule has 1 atom stereocenters. The van der Waals surface area contributed by atoms with Gasteiger partial charge in [-0.1, -0.05) is 0 Å². The van der Waals surface area contributed by atoms with Crippen LogP contribution in [0.25, 0.3) is 0 Å². The molecule has 0 N–H and O–H groups in total. The fourth-order valence-electron chi connectivity index (χ4n) is 2.82. The maximum absolute atomic E-state index is 6.45. The molecule has 2 nitrogen and oxygen atoms in total. The van der Waals surface area contributed by atoms with Crippen molar-refractivity contribution in [1.29, 1.82) is 0 Å². The molecule has 5 heteroatoms. The molecule has 0 aliphatic heterocycles. The van der Waals surface area contributed by atoms with Gasteiger partial charge in [0, 0.05) is 0 Å². The number of ether oxygens (including phenoxy) is 2. The summed E-state index contributed by atoms with van der Waals surface area (Å²) < 4.78 is 14.0. The third-order valence-corrected chi connectivity index (χ3v) is 4.30. The molecule has 0 aromatic carbocycles. The van der Waals surface area contributed by atoms with Crippen molar-refractivity contribution in [2.45, 2.75) is 59.4 Å². The molecule has 0 radical (unpaired) electrons. The second kappa shape index (κ2) is 8.92. The fraction of sp³-hybridized carbons (Fsp3) is 0.556. The van der Waals surface area contributed by atoms with E-state index in [1.807, 2.05) is 0 Å². The Morgan fingerprint density at radius 1 is 1.17 bits per heavy atom. The Bertz CT molecular complexity index is 528. The first kappa shape index (κ1) is 23.0. The van der Waals surface area contributed by atoms with Crippen molar-refractivity contribution < 1.29 is 54.7 Å². The summed E-state index contributed by atoms with van der Waals surface area (Å²) in [7, 11) is 0. The molecule has 0 bridgehead atoms. The first-order valence-corrected chi connectivity index (χ1v) is 8.38. The largest absolute Gasteiger partial charge is 1.00 e. The van der Waals surface area contributed by atoms with Gasteiger partial charge in [0.25, 0.3) is 0 Å². The van der Waals surface area contributed by atoms with Crippen molar-refractivity contribution in [1.82, 2.24) is 0 Å². The molecule has 127 valence electrons. The van der Waals surface area contributed by atoms with Crippen LogP contribution in [0.4, 0.5) is 0 Å². The van der Waals surface area contributed by atoms with E-state index in [0.717, 1.165) is 18.6 Å². The van der Waals surface area contributed by atoms with Gasteiger partial charge in [0.2, 0.25) is 0 Å². The molecule has 0 heterocycles. The van der Waals surface area contributed by atoms with Crippen molar-refractivity contribution in [3.8, 4) is 0 Å². The van der Waals surface area contributed by atoms with Gasteiger partial charge in [-0.15, -0.1) is 0 Å². The van der Waals surface area contributed by atoms with E-state index in [4.69, 9.17) is 9.47 Å². The Morgan fingerprint density at radius 2 is 1.83 bits per heavy atom.